The molecule has 1 heterocycles. The summed E-state index contributed by atoms with van der Waals surface area (Å²) in [6.07, 6.45) is 0. The van der Waals surface area contributed by atoms with Crippen molar-refractivity contribution in [3.05, 3.63) is 33.9 Å². The molecule has 0 aromatic heterocycles. The van der Waals surface area contributed by atoms with E-state index in [1.807, 2.05) is 11.8 Å². The summed E-state index contributed by atoms with van der Waals surface area (Å²) in [5, 5.41) is 14.3. The topological polar surface area (TPSA) is 84.7 Å². The number of hydrogen-bond acceptors (Lipinski definition) is 6. The van der Waals surface area contributed by atoms with E-state index in [1.165, 1.54) is 24.9 Å². The molecule has 1 N–H and O–H groups in total. The lowest BCUT2D eigenvalue weighted by molar-refractivity contribution is -0.385. The number of nitro groups is 1. The summed E-state index contributed by atoms with van der Waals surface area (Å²) in [6.45, 7) is 4.41. The number of nitrogens with one attached hydrogen (secondary N) is 1. The molecular formula is C15H22ClN3O4S. The van der Waals surface area contributed by atoms with Crippen LogP contribution in [0.3, 0.4) is 0 Å². The number of methoxy groups -OCH3 is 1. The van der Waals surface area contributed by atoms with Crippen LogP contribution in [0.5, 0.6) is 5.75 Å². The molecule has 0 spiro atoms. The first-order valence-electron chi connectivity index (χ1n) is 7.42. The minimum absolute atomic E-state index is 0. The molecule has 0 aliphatic carbocycles. The van der Waals surface area contributed by atoms with Gasteiger partial charge >= 0.3 is 5.69 Å². The summed E-state index contributed by atoms with van der Waals surface area (Å²) in [4.78, 5) is 24.7. The highest BCUT2D eigenvalue weighted by atomic mass is 35.5. The Morgan fingerprint density at radius 2 is 2.29 bits per heavy atom. The van der Waals surface area contributed by atoms with Crippen LogP contribution in [0.1, 0.15) is 12.5 Å². The lowest BCUT2D eigenvalue weighted by atomic mass is 10.2. The molecule has 7 nitrogen and oxygen atoms in total. The Kier molecular flexibility index (Phi) is 8.30. The van der Waals surface area contributed by atoms with E-state index in [2.05, 4.69) is 5.32 Å². The first-order chi connectivity index (χ1) is 11.0. The number of carbonyl (C=O) groups excluding carboxylic acids is 1. The lowest BCUT2D eigenvalue weighted by Crippen LogP contribution is -2.52. The van der Waals surface area contributed by atoms with Gasteiger partial charge in [0.25, 0.3) is 0 Å². The van der Waals surface area contributed by atoms with Crippen LogP contribution in [0.4, 0.5) is 5.69 Å². The lowest BCUT2D eigenvalue weighted by Gasteiger charge is -2.34. The van der Waals surface area contributed by atoms with Crippen molar-refractivity contribution in [1.82, 2.24) is 10.2 Å². The quantitative estimate of drug-likeness (QED) is 0.605. The van der Waals surface area contributed by atoms with Gasteiger partial charge in [-0.2, -0.15) is 0 Å². The maximum absolute atomic E-state index is 12.2. The third kappa shape index (κ3) is 5.25. The van der Waals surface area contributed by atoms with Crippen molar-refractivity contribution >= 4 is 35.8 Å². The highest BCUT2D eigenvalue weighted by Crippen LogP contribution is 2.29. The van der Waals surface area contributed by atoms with E-state index in [-0.39, 0.29) is 35.8 Å². The van der Waals surface area contributed by atoms with E-state index in [9.17, 15) is 14.9 Å². The van der Waals surface area contributed by atoms with Crippen LogP contribution in [0, 0.1) is 10.1 Å². The number of nitro benzene ring substituents is 1. The molecule has 1 aliphatic heterocycles. The molecule has 1 atom stereocenters. The Balaban J connectivity index is 0.00000288. The van der Waals surface area contributed by atoms with Crippen LogP contribution in [-0.4, -0.2) is 54.3 Å². The van der Waals surface area contributed by atoms with Gasteiger partial charge in [-0.05, 0) is 18.6 Å². The number of hydrogen-bond donors (Lipinski definition) is 1. The molecule has 1 fully saturated rings. The van der Waals surface area contributed by atoms with Crippen LogP contribution in [0.25, 0.3) is 0 Å². The number of thioether (sulfide) groups is 1. The normalized spacial score (nSPS) is 17.1. The SMILES string of the molecule is COc1ccc(CSCC(=O)N2CCNCC2C)cc1[N+](=O)[O-].Cl. The Morgan fingerprint density at radius 1 is 1.54 bits per heavy atom. The fourth-order valence-electron chi connectivity index (χ4n) is 2.52. The standard InChI is InChI=1S/C15H21N3O4S.ClH/c1-11-8-16-5-6-17(11)15(19)10-23-9-12-3-4-14(22-2)13(7-12)18(20)21;/h3-4,7,11,16H,5-6,8-10H2,1-2H3;1H. The second kappa shape index (κ2) is 9.71. The van der Waals surface area contributed by atoms with E-state index in [0.717, 1.165) is 25.2 Å². The number of nitrogens with zero attached hydrogens (tertiary/aromatic N) is 2. The summed E-state index contributed by atoms with van der Waals surface area (Å²) in [6, 6.07) is 5.09. The molecule has 0 saturated carbocycles. The fourth-order valence-corrected chi connectivity index (χ4v) is 3.38. The number of ether oxygens (including phenoxy) is 1. The van der Waals surface area contributed by atoms with Crippen molar-refractivity contribution < 1.29 is 14.5 Å². The molecule has 24 heavy (non-hydrogen) atoms. The Labute approximate surface area is 151 Å². The summed E-state index contributed by atoms with van der Waals surface area (Å²) in [5.41, 5.74) is 0.760. The number of rotatable bonds is 6. The van der Waals surface area contributed by atoms with Gasteiger partial charge in [0, 0.05) is 37.5 Å². The zero-order valence-corrected chi connectivity index (χ0v) is 15.3. The Morgan fingerprint density at radius 3 is 2.92 bits per heavy atom. The second-order valence-electron chi connectivity index (χ2n) is 5.40. The number of amides is 1. The average Bonchev–Trinajstić information content (AvgIpc) is 2.55. The first kappa shape index (κ1) is 20.5. The number of halogens is 1. The van der Waals surface area contributed by atoms with E-state index in [4.69, 9.17) is 4.74 Å². The fraction of sp³-hybridized carbons (Fsp3) is 0.533. The van der Waals surface area contributed by atoms with Gasteiger partial charge in [0.15, 0.2) is 5.75 Å². The van der Waals surface area contributed by atoms with Crippen molar-refractivity contribution in [3.63, 3.8) is 0 Å². The van der Waals surface area contributed by atoms with Gasteiger partial charge in [0.05, 0.1) is 17.8 Å². The van der Waals surface area contributed by atoms with Crippen molar-refractivity contribution in [2.24, 2.45) is 0 Å². The minimum atomic E-state index is -0.458. The summed E-state index contributed by atoms with van der Waals surface area (Å²) in [7, 11) is 1.41. The molecule has 1 aromatic carbocycles. The predicted octanol–water partition coefficient (Wildman–Crippen LogP) is 2.08. The van der Waals surface area contributed by atoms with E-state index in [1.54, 1.807) is 12.1 Å². The third-order valence-electron chi connectivity index (χ3n) is 3.76. The zero-order valence-electron chi connectivity index (χ0n) is 13.7. The Bertz CT molecular complexity index is 588. The third-order valence-corrected chi connectivity index (χ3v) is 4.74. The van der Waals surface area contributed by atoms with Crippen LogP contribution < -0.4 is 10.1 Å². The van der Waals surface area contributed by atoms with Crippen LogP contribution in [0.15, 0.2) is 18.2 Å². The maximum Gasteiger partial charge on any atom is 0.311 e. The monoisotopic (exact) mass is 375 g/mol. The van der Waals surface area contributed by atoms with Crippen LogP contribution in [-0.2, 0) is 10.5 Å². The van der Waals surface area contributed by atoms with Gasteiger partial charge in [-0.3, -0.25) is 14.9 Å². The molecule has 1 saturated heterocycles. The van der Waals surface area contributed by atoms with Gasteiger partial charge in [-0.25, -0.2) is 0 Å². The molecule has 2 rings (SSSR count). The number of benzene rings is 1. The van der Waals surface area contributed by atoms with Crippen LogP contribution >= 0.6 is 24.2 Å². The van der Waals surface area contributed by atoms with Crippen LogP contribution in [0.2, 0.25) is 0 Å². The predicted molar refractivity (Wildman–Crippen MR) is 97.1 cm³/mol. The van der Waals surface area contributed by atoms with Crippen molar-refractivity contribution in [2.75, 3.05) is 32.5 Å². The second-order valence-corrected chi connectivity index (χ2v) is 6.38. The van der Waals surface area contributed by atoms with E-state index < -0.39 is 4.92 Å². The van der Waals surface area contributed by atoms with Gasteiger partial charge in [0.2, 0.25) is 5.91 Å². The molecule has 1 amide bonds. The highest BCUT2D eigenvalue weighted by Gasteiger charge is 2.22. The summed E-state index contributed by atoms with van der Waals surface area (Å²) < 4.78 is 4.98. The highest BCUT2D eigenvalue weighted by molar-refractivity contribution is 7.99. The van der Waals surface area contributed by atoms with Gasteiger partial charge in [-0.15, -0.1) is 24.2 Å². The van der Waals surface area contributed by atoms with E-state index in [0.29, 0.717) is 11.5 Å². The molecule has 134 valence electrons. The van der Waals surface area contributed by atoms with Crippen molar-refractivity contribution in [3.8, 4) is 5.75 Å². The van der Waals surface area contributed by atoms with Gasteiger partial charge < -0.3 is 15.0 Å². The van der Waals surface area contributed by atoms with Gasteiger partial charge in [-0.1, -0.05) is 6.07 Å². The smallest absolute Gasteiger partial charge is 0.311 e. The molecule has 1 unspecified atom stereocenters. The Hall–Kier alpha value is -1.51. The number of carbonyl (C=O) groups is 1. The molecule has 0 bridgehead atoms. The summed E-state index contributed by atoms with van der Waals surface area (Å²) >= 11 is 1.47. The van der Waals surface area contributed by atoms with Crippen molar-refractivity contribution in [2.45, 2.75) is 18.7 Å². The van der Waals surface area contributed by atoms with Crippen molar-refractivity contribution in [1.29, 1.82) is 0 Å². The average molecular weight is 376 g/mol. The largest absolute Gasteiger partial charge is 0.490 e. The molecular weight excluding hydrogens is 354 g/mol. The molecule has 1 aromatic rings. The molecule has 9 heteroatoms. The zero-order chi connectivity index (χ0) is 16.8. The molecule has 1 aliphatic rings. The maximum atomic E-state index is 12.2. The first-order valence-corrected chi connectivity index (χ1v) is 8.57. The number of piperazine rings is 1. The molecule has 0 radical (unpaired) electrons. The summed E-state index contributed by atoms with van der Waals surface area (Å²) in [5.74, 6) is 1.29. The van der Waals surface area contributed by atoms with Gasteiger partial charge in [0.1, 0.15) is 0 Å². The minimum Gasteiger partial charge on any atom is -0.490 e. The van der Waals surface area contributed by atoms with E-state index >= 15 is 0 Å².